The smallest absolute Gasteiger partial charge is 0.335 e. The van der Waals surface area contributed by atoms with Crippen molar-refractivity contribution >= 4 is 37.6 Å². The van der Waals surface area contributed by atoms with Crippen LogP contribution in [0, 0.1) is 0 Å². The van der Waals surface area contributed by atoms with Gasteiger partial charge in [-0.1, -0.05) is 6.92 Å². The third kappa shape index (κ3) is 3.42. The van der Waals surface area contributed by atoms with Crippen molar-refractivity contribution in [3.05, 3.63) is 40.3 Å². The van der Waals surface area contributed by atoms with Gasteiger partial charge < -0.3 is 10.1 Å². The van der Waals surface area contributed by atoms with Crippen LogP contribution in [-0.2, 0) is 16.4 Å². The van der Waals surface area contributed by atoms with Crippen molar-refractivity contribution in [3.8, 4) is 0 Å². The number of imidazole rings is 1. The van der Waals surface area contributed by atoms with Crippen LogP contribution in [0.25, 0.3) is 0 Å². The number of aromatic carboxylic acids is 1. The minimum absolute atomic E-state index is 0.0476. The van der Waals surface area contributed by atoms with Crippen molar-refractivity contribution in [2.75, 3.05) is 4.72 Å². The van der Waals surface area contributed by atoms with E-state index < -0.39 is 16.0 Å². The molecule has 2 aromatic rings. The van der Waals surface area contributed by atoms with Gasteiger partial charge in [-0.15, -0.1) is 0 Å². The molecule has 1 aromatic carbocycles. The van der Waals surface area contributed by atoms with E-state index in [1.165, 1.54) is 24.4 Å². The summed E-state index contributed by atoms with van der Waals surface area (Å²) in [7, 11) is -3.80. The molecular formula is C12H12BrN3O4S. The molecule has 2 rings (SSSR count). The predicted octanol–water partition coefficient (Wildman–Crippen LogP) is 2.23. The molecule has 0 atom stereocenters. The summed E-state index contributed by atoms with van der Waals surface area (Å²) in [5, 5.41) is 8.82. The van der Waals surface area contributed by atoms with Gasteiger partial charge in [-0.3, -0.25) is 4.72 Å². The van der Waals surface area contributed by atoms with Gasteiger partial charge in [-0.05, 0) is 34.1 Å². The van der Waals surface area contributed by atoms with E-state index in [0.29, 0.717) is 16.7 Å². The molecule has 0 fully saturated rings. The first kappa shape index (κ1) is 15.5. The van der Waals surface area contributed by atoms with Gasteiger partial charge in [0, 0.05) is 10.9 Å². The molecule has 0 unspecified atom stereocenters. The number of aromatic amines is 1. The number of aryl methyl sites for hydroxylation is 1. The van der Waals surface area contributed by atoms with Crippen LogP contribution in [-0.4, -0.2) is 29.5 Å². The molecule has 7 nitrogen and oxygen atoms in total. The summed E-state index contributed by atoms with van der Waals surface area (Å²) < 4.78 is 27.1. The van der Waals surface area contributed by atoms with Crippen molar-refractivity contribution in [2.24, 2.45) is 0 Å². The topological polar surface area (TPSA) is 112 Å². The van der Waals surface area contributed by atoms with E-state index in [-0.39, 0.29) is 16.3 Å². The van der Waals surface area contributed by atoms with Crippen LogP contribution in [0.5, 0.6) is 0 Å². The van der Waals surface area contributed by atoms with Crippen LogP contribution in [0.3, 0.4) is 0 Å². The Morgan fingerprint density at radius 1 is 1.48 bits per heavy atom. The molecule has 9 heteroatoms. The van der Waals surface area contributed by atoms with E-state index in [2.05, 4.69) is 30.6 Å². The number of H-pyrrole nitrogens is 1. The van der Waals surface area contributed by atoms with E-state index in [1.807, 2.05) is 6.92 Å². The molecule has 0 aliphatic rings. The summed E-state index contributed by atoms with van der Waals surface area (Å²) in [5.74, 6) is -0.526. The van der Waals surface area contributed by atoms with Gasteiger partial charge in [-0.25, -0.2) is 9.78 Å². The molecule has 0 saturated heterocycles. The zero-order valence-electron chi connectivity index (χ0n) is 10.9. The SMILES string of the molecule is CCc1ncc(S(=O)(=O)Nc2ccc(C(=O)O)cc2Br)[nH]1. The van der Waals surface area contributed by atoms with E-state index in [4.69, 9.17) is 5.11 Å². The summed E-state index contributed by atoms with van der Waals surface area (Å²) in [4.78, 5) is 17.5. The van der Waals surface area contributed by atoms with Crippen molar-refractivity contribution in [2.45, 2.75) is 18.4 Å². The average molecular weight is 374 g/mol. The summed E-state index contributed by atoms with van der Waals surface area (Å²) in [6.07, 6.45) is 1.83. The van der Waals surface area contributed by atoms with Gasteiger partial charge >= 0.3 is 5.97 Å². The lowest BCUT2D eigenvalue weighted by atomic mass is 10.2. The number of carboxylic acid groups (broad SMARTS) is 1. The third-order valence-electron chi connectivity index (χ3n) is 2.69. The number of anilines is 1. The van der Waals surface area contributed by atoms with Crippen molar-refractivity contribution < 1.29 is 18.3 Å². The first-order chi connectivity index (χ1) is 9.83. The van der Waals surface area contributed by atoms with Gasteiger partial charge in [0.25, 0.3) is 10.0 Å². The minimum atomic E-state index is -3.80. The highest BCUT2D eigenvalue weighted by Gasteiger charge is 2.18. The maximum Gasteiger partial charge on any atom is 0.335 e. The number of sulfonamides is 1. The Bertz CT molecular complexity index is 786. The van der Waals surface area contributed by atoms with Crippen molar-refractivity contribution in [3.63, 3.8) is 0 Å². The molecule has 1 aromatic heterocycles. The van der Waals surface area contributed by atoms with Crippen LogP contribution in [0.1, 0.15) is 23.1 Å². The Balaban J connectivity index is 2.30. The highest BCUT2D eigenvalue weighted by Crippen LogP contribution is 2.26. The van der Waals surface area contributed by atoms with Gasteiger partial charge in [0.05, 0.1) is 17.4 Å². The largest absolute Gasteiger partial charge is 0.478 e. The Morgan fingerprint density at radius 3 is 2.71 bits per heavy atom. The monoisotopic (exact) mass is 373 g/mol. The number of nitrogens with one attached hydrogen (secondary N) is 2. The second-order valence-electron chi connectivity index (χ2n) is 4.15. The van der Waals surface area contributed by atoms with Gasteiger partial charge in [0.2, 0.25) is 0 Å². The lowest BCUT2D eigenvalue weighted by Crippen LogP contribution is -2.14. The first-order valence-corrected chi connectivity index (χ1v) is 8.20. The molecule has 0 radical (unpaired) electrons. The summed E-state index contributed by atoms with van der Waals surface area (Å²) in [6.45, 7) is 1.85. The van der Waals surface area contributed by atoms with Gasteiger partial charge in [0.1, 0.15) is 5.82 Å². The van der Waals surface area contributed by atoms with Crippen LogP contribution in [0.15, 0.2) is 33.9 Å². The normalized spacial score (nSPS) is 11.3. The number of carbonyl (C=O) groups is 1. The van der Waals surface area contributed by atoms with E-state index in [1.54, 1.807) is 0 Å². The third-order valence-corrected chi connectivity index (χ3v) is 4.62. The fraction of sp³-hybridized carbons (Fsp3) is 0.167. The first-order valence-electron chi connectivity index (χ1n) is 5.93. The number of carboxylic acids is 1. The molecule has 0 bridgehead atoms. The van der Waals surface area contributed by atoms with Crippen LogP contribution in [0.2, 0.25) is 0 Å². The van der Waals surface area contributed by atoms with E-state index in [9.17, 15) is 13.2 Å². The van der Waals surface area contributed by atoms with Crippen LogP contribution < -0.4 is 4.72 Å². The number of hydrogen-bond acceptors (Lipinski definition) is 4. The van der Waals surface area contributed by atoms with Gasteiger partial charge in [-0.2, -0.15) is 8.42 Å². The number of rotatable bonds is 5. The maximum atomic E-state index is 12.2. The fourth-order valence-corrected chi connectivity index (χ4v) is 3.22. The highest BCUT2D eigenvalue weighted by molar-refractivity contribution is 9.10. The summed E-state index contributed by atoms with van der Waals surface area (Å²) >= 11 is 3.14. The van der Waals surface area contributed by atoms with Crippen molar-refractivity contribution in [1.82, 2.24) is 9.97 Å². The maximum absolute atomic E-state index is 12.2. The molecule has 3 N–H and O–H groups in total. The molecule has 21 heavy (non-hydrogen) atoms. The Kier molecular flexibility index (Phi) is 4.33. The van der Waals surface area contributed by atoms with Crippen LogP contribution >= 0.6 is 15.9 Å². The van der Waals surface area contributed by atoms with E-state index >= 15 is 0 Å². The molecule has 0 amide bonds. The zero-order valence-corrected chi connectivity index (χ0v) is 13.3. The zero-order chi connectivity index (χ0) is 15.6. The molecule has 0 saturated carbocycles. The lowest BCUT2D eigenvalue weighted by Gasteiger charge is -2.08. The molecular weight excluding hydrogens is 362 g/mol. The summed E-state index contributed by atoms with van der Waals surface area (Å²) in [5.41, 5.74) is 0.298. The average Bonchev–Trinajstić information content (AvgIpc) is 2.90. The minimum Gasteiger partial charge on any atom is -0.478 e. The van der Waals surface area contributed by atoms with Crippen molar-refractivity contribution in [1.29, 1.82) is 0 Å². The Hall–Kier alpha value is -1.87. The standard InChI is InChI=1S/C12H12BrN3O4S/c1-2-10-14-6-11(15-10)21(19,20)16-9-4-3-7(12(17)18)5-8(9)13/h3-6,16H,2H2,1H3,(H,14,15)(H,17,18). The highest BCUT2D eigenvalue weighted by atomic mass is 79.9. The molecule has 112 valence electrons. The quantitative estimate of drug-likeness (QED) is 0.743. The summed E-state index contributed by atoms with van der Waals surface area (Å²) in [6, 6.07) is 4.02. The number of halogens is 1. The number of aromatic nitrogens is 2. The molecule has 0 aliphatic carbocycles. The number of benzene rings is 1. The van der Waals surface area contributed by atoms with Gasteiger partial charge in [0.15, 0.2) is 5.03 Å². The Morgan fingerprint density at radius 2 is 2.19 bits per heavy atom. The Labute approximate surface area is 129 Å². The molecule has 1 heterocycles. The second-order valence-corrected chi connectivity index (χ2v) is 6.66. The lowest BCUT2D eigenvalue weighted by molar-refractivity contribution is 0.0697. The number of hydrogen-bond donors (Lipinski definition) is 3. The predicted molar refractivity (Wildman–Crippen MR) is 79.9 cm³/mol. The number of nitrogens with zero attached hydrogens (tertiary/aromatic N) is 1. The molecule has 0 aliphatic heterocycles. The van der Waals surface area contributed by atoms with E-state index in [0.717, 1.165) is 0 Å². The fourth-order valence-electron chi connectivity index (χ4n) is 1.59. The van der Waals surface area contributed by atoms with Crippen LogP contribution in [0.4, 0.5) is 5.69 Å². The second kappa shape index (κ2) is 5.86. The molecule has 0 spiro atoms.